The summed E-state index contributed by atoms with van der Waals surface area (Å²) >= 11 is 0. The van der Waals surface area contributed by atoms with Crippen LogP contribution in [0, 0.1) is 0 Å². The number of hydrogen-bond acceptors (Lipinski definition) is 3. The average Bonchev–Trinajstić information content (AvgIpc) is 2.97. The van der Waals surface area contributed by atoms with Crippen LogP contribution in [0.3, 0.4) is 0 Å². The second kappa shape index (κ2) is 4.11. The van der Waals surface area contributed by atoms with E-state index in [0.717, 1.165) is 39.6 Å². The first-order valence-corrected chi connectivity index (χ1v) is 8.70. The van der Waals surface area contributed by atoms with Crippen molar-refractivity contribution in [2.75, 3.05) is 5.32 Å². The fourth-order valence-electron chi connectivity index (χ4n) is 4.58. The van der Waals surface area contributed by atoms with E-state index in [4.69, 9.17) is 9.97 Å². The zero-order valence-corrected chi connectivity index (χ0v) is 13.7. The van der Waals surface area contributed by atoms with Gasteiger partial charge in [-0.25, -0.2) is 0 Å². The monoisotopic (exact) mass is 332 g/mol. The Kier molecular flexibility index (Phi) is 2.00. The van der Waals surface area contributed by atoms with Crippen molar-refractivity contribution in [3.8, 4) is 28.2 Å². The van der Waals surface area contributed by atoms with Crippen molar-refractivity contribution in [2.45, 2.75) is 0 Å². The number of aromatic nitrogens is 3. The molecular weight excluding hydrogens is 320 g/mol. The van der Waals surface area contributed by atoms with E-state index in [1.165, 1.54) is 21.8 Å². The van der Waals surface area contributed by atoms with E-state index in [9.17, 15) is 0 Å². The molecule has 0 unspecified atom stereocenters. The molecule has 1 N–H and O–H groups in total. The van der Waals surface area contributed by atoms with Crippen molar-refractivity contribution in [1.82, 2.24) is 14.5 Å². The molecule has 0 radical (unpaired) electrons. The number of fused-ring (bicyclic) bond motifs is 4. The zero-order chi connectivity index (χ0) is 16.8. The Labute approximate surface area is 148 Å². The van der Waals surface area contributed by atoms with Gasteiger partial charge in [-0.3, -0.25) is 9.97 Å². The van der Waals surface area contributed by atoms with Gasteiger partial charge in [0.15, 0.2) is 0 Å². The maximum atomic E-state index is 4.72. The van der Waals surface area contributed by atoms with Gasteiger partial charge in [0.05, 0.1) is 39.5 Å². The van der Waals surface area contributed by atoms with Crippen molar-refractivity contribution < 1.29 is 0 Å². The normalized spacial score (nSPS) is 12.9. The summed E-state index contributed by atoms with van der Waals surface area (Å²) in [5.41, 5.74) is 9.98. The van der Waals surface area contributed by atoms with E-state index in [-0.39, 0.29) is 0 Å². The highest BCUT2D eigenvalue weighted by atomic mass is 15.1. The van der Waals surface area contributed by atoms with Gasteiger partial charge in [0.2, 0.25) is 0 Å². The Bertz CT molecular complexity index is 1410. The molecule has 0 spiro atoms. The minimum atomic E-state index is 0.940. The Balaban J connectivity index is 1.90. The van der Waals surface area contributed by atoms with Crippen LogP contribution in [-0.2, 0) is 0 Å². The first-order chi connectivity index (χ1) is 12.9. The SMILES string of the molecule is c1cc2c3c(c1)-c1nccnc1-c1cccc4c5cccc(c5n-3c14)N2. The Morgan fingerprint density at radius 2 is 1.31 bits per heavy atom. The summed E-state index contributed by atoms with van der Waals surface area (Å²) in [7, 11) is 0. The quantitative estimate of drug-likeness (QED) is 0.411. The summed E-state index contributed by atoms with van der Waals surface area (Å²) in [6.45, 7) is 0. The molecule has 4 heterocycles. The Hall–Kier alpha value is -3.66. The molecule has 5 aromatic rings. The molecule has 0 atom stereocenters. The van der Waals surface area contributed by atoms with Crippen molar-refractivity contribution in [3.63, 3.8) is 0 Å². The van der Waals surface area contributed by atoms with E-state index >= 15 is 0 Å². The lowest BCUT2D eigenvalue weighted by atomic mass is 10.0. The topological polar surface area (TPSA) is 42.7 Å². The molecular formula is C22H12N4. The highest BCUT2D eigenvalue weighted by molar-refractivity contribution is 6.20. The van der Waals surface area contributed by atoms with Crippen LogP contribution < -0.4 is 5.32 Å². The van der Waals surface area contributed by atoms with Gasteiger partial charge in [-0.1, -0.05) is 42.5 Å². The summed E-state index contributed by atoms with van der Waals surface area (Å²) in [6, 6.07) is 19.3. The molecule has 0 saturated carbocycles. The lowest BCUT2D eigenvalue weighted by Crippen LogP contribution is -2.08. The number of nitrogens with one attached hydrogen (secondary N) is 1. The third kappa shape index (κ3) is 1.27. The van der Waals surface area contributed by atoms with Crippen LogP contribution in [0.5, 0.6) is 0 Å². The van der Waals surface area contributed by atoms with Crippen molar-refractivity contribution >= 4 is 33.2 Å². The van der Waals surface area contributed by atoms with Gasteiger partial charge in [0.25, 0.3) is 0 Å². The Morgan fingerprint density at radius 3 is 2.19 bits per heavy atom. The highest BCUT2D eigenvalue weighted by Gasteiger charge is 2.30. The number of nitrogens with zero attached hydrogens (tertiary/aromatic N) is 3. The third-order valence-electron chi connectivity index (χ3n) is 5.55. The van der Waals surface area contributed by atoms with Crippen LogP contribution in [0.15, 0.2) is 67.0 Å². The summed E-state index contributed by atoms with van der Waals surface area (Å²) in [4.78, 5) is 9.43. The van der Waals surface area contributed by atoms with Gasteiger partial charge in [-0.15, -0.1) is 0 Å². The molecule has 2 aromatic heterocycles. The second-order valence-electron chi connectivity index (χ2n) is 6.82. The molecule has 26 heavy (non-hydrogen) atoms. The number of benzene rings is 3. The smallest absolute Gasteiger partial charge is 0.0987 e. The molecule has 0 fully saturated rings. The molecule has 120 valence electrons. The first-order valence-electron chi connectivity index (χ1n) is 8.70. The minimum absolute atomic E-state index is 0.940. The standard InChI is InChI=1S/C22H12N4/c1-4-12-13-5-2-8-16-21(13)26-20(12)14(6-1)18-19(24-11-10-23-18)15-7-3-9-17(25-16)22(15)26/h1-11,25H. The molecule has 4 nitrogen and oxygen atoms in total. The van der Waals surface area contributed by atoms with Crippen molar-refractivity contribution in [3.05, 3.63) is 67.0 Å². The minimum Gasteiger partial charge on any atom is -0.352 e. The number of anilines is 2. The number of para-hydroxylation sites is 3. The summed E-state index contributed by atoms with van der Waals surface area (Å²) in [5.74, 6) is 0. The molecule has 3 aromatic carbocycles. The largest absolute Gasteiger partial charge is 0.352 e. The van der Waals surface area contributed by atoms with E-state index in [2.05, 4.69) is 64.5 Å². The van der Waals surface area contributed by atoms with Crippen LogP contribution in [0.4, 0.5) is 11.4 Å². The summed E-state index contributed by atoms with van der Waals surface area (Å²) in [5, 5.41) is 6.14. The fraction of sp³-hybridized carbons (Fsp3) is 0. The van der Waals surface area contributed by atoms with Gasteiger partial charge in [0.1, 0.15) is 0 Å². The maximum Gasteiger partial charge on any atom is 0.0987 e. The molecule has 2 aliphatic heterocycles. The van der Waals surface area contributed by atoms with Crippen molar-refractivity contribution in [2.24, 2.45) is 0 Å². The van der Waals surface area contributed by atoms with Gasteiger partial charge in [-0.05, 0) is 12.1 Å². The van der Waals surface area contributed by atoms with Crippen LogP contribution in [0.25, 0.3) is 50.0 Å². The maximum absolute atomic E-state index is 4.72. The molecule has 4 heteroatoms. The Morgan fingerprint density at radius 1 is 0.654 bits per heavy atom. The predicted octanol–water partition coefficient (Wildman–Crippen LogP) is 5.28. The van der Waals surface area contributed by atoms with Crippen LogP contribution in [-0.4, -0.2) is 14.5 Å². The van der Waals surface area contributed by atoms with Crippen LogP contribution >= 0.6 is 0 Å². The highest BCUT2D eigenvalue weighted by Crippen LogP contribution is 2.50. The lowest BCUT2D eigenvalue weighted by Gasteiger charge is -2.23. The third-order valence-corrected chi connectivity index (χ3v) is 5.55. The molecule has 0 bridgehead atoms. The molecule has 2 aliphatic rings. The molecule has 0 aliphatic carbocycles. The number of hydrogen-bond donors (Lipinski definition) is 1. The average molecular weight is 332 g/mol. The molecule has 0 amide bonds. The van der Waals surface area contributed by atoms with Crippen molar-refractivity contribution in [1.29, 1.82) is 0 Å². The van der Waals surface area contributed by atoms with Gasteiger partial charge in [0, 0.05) is 34.3 Å². The van der Waals surface area contributed by atoms with Gasteiger partial charge >= 0.3 is 0 Å². The predicted molar refractivity (Wildman–Crippen MR) is 104 cm³/mol. The van der Waals surface area contributed by atoms with E-state index in [0.29, 0.717) is 0 Å². The van der Waals surface area contributed by atoms with E-state index in [1.807, 2.05) is 0 Å². The second-order valence-corrected chi connectivity index (χ2v) is 6.82. The zero-order valence-electron chi connectivity index (χ0n) is 13.7. The van der Waals surface area contributed by atoms with Crippen LogP contribution in [0.2, 0.25) is 0 Å². The van der Waals surface area contributed by atoms with E-state index < -0.39 is 0 Å². The summed E-state index contributed by atoms with van der Waals surface area (Å²) in [6.07, 6.45) is 3.56. The number of rotatable bonds is 0. The summed E-state index contributed by atoms with van der Waals surface area (Å²) < 4.78 is 2.40. The fourth-order valence-corrected chi connectivity index (χ4v) is 4.58. The lowest BCUT2D eigenvalue weighted by molar-refractivity contribution is 1.16. The first kappa shape index (κ1) is 12.7. The van der Waals surface area contributed by atoms with E-state index in [1.54, 1.807) is 12.4 Å². The molecule has 7 rings (SSSR count). The van der Waals surface area contributed by atoms with Gasteiger partial charge in [-0.2, -0.15) is 0 Å². The van der Waals surface area contributed by atoms with Gasteiger partial charge < -0.3 is 9.88 Å². The molecule has 0 saturated heterocycles. The van der Waals surface area contributed by atoms with Crippen LogP contribution in [0.1, 0.15) is 0 Å².